The summed E-state index contributed by atoms with van der Waals surface area (Å²) in [6, 6.07) is 17.2. The SMILES string of the molecule is COc1cc(C2(C)OC(=O)c3ccccc32)c(OC)c2ccccc12. The maximum atomic E-state index is 12.4. The number of benzene rings is 3. The molecule has 1 unspecified atom stereocenters. The Morgan fingerprint density at radius 3 is 2.28 bits per heavy atom. The van der Waals surface area contributed by atoms with Crippen molar-refractivity contribution in [3.63, 3.8) is 0 Å². The second-order valence-electron chi connectivity index (χ2n) is 6.17. The van der Waals surface area contributed by atoms with E-state index in [2.05, 4.69) is 0 Å². The van der Waals surface area contributed by atoms with Crippen LogP contribution in [0.25, 0.3) is 10.8 Å². The van der Waals surface area contributed by atoms with Gasteiger partial charge in [-0.05, 0) is 19.1 Å². The zero-order valence-corrected chi connectivity index (χ0v) is 14.3. The number of fused-ring (bicyclic) bond motifs is 2. The quantitative estimate of drug-likeness (QED) is 0.670. The van der Waals surface area contributed by atoms with Crippen LogP contribution in [0.15, 0.2) is 54.6 Å². The number of esters is 1. The summed E-state index contributed by atoms with van der Waals surface area (Å²) in [5.41, 5.74) is 1.25. The number of hydrogen-bond donors (Lipinski definition) is 0. The van der Waals surface area contributed by atoms with Crippen LogP contribution in [0.1, 0.15) is 28.4 Å². The fourth-order valence-electron chi connectivity index (χ4n) is 3.63. The van der Waals surface area contributed by atoms with Crippen LogP contribution in [0.2, 0.25) is 0 Å². The molecule has 0 radical (unpaired) electrons. The molecule has 0 aliphatic carbocycles. The minimum Gasteiger partial charge on any atom is -0.496 e. The lowest BCUT2D eigenvalue weighted by Gasteiger charge is -2.28. The molecule has 3 aromatic rings. The Labute approximate surface area is 145 Å². The van der Waals surface area contributed by atoms with E-state index in [1.807, 2.05) is 55.5 Å². The van der Waals surface area contributed by atoms with Crippen LogP contribution in [-0.2, 0) is 10.3 Å². The van der Waals surface area contributed by atoms with Gasteiger partial charge in [-0.1, -0.05) is 42.5 Å². The largest absolute Gasteiger partial charge is 0.496 e. The highest BCUT2D eigenvalue weighted by atomic mass is 16.6. The molecule has 4 rings (SSSR count). The molecule has 0 spiro atoms. The van der Waals surface area contributed by atoms with Crippen LogP contribution >= 0.6 is 0 Å². The molecule has 1 aliphatic heterocycles. The summed E-state index contributed by atoms with van der Waals surface area (Å²) in [4.78, 5) is 12.4. The predicted molar refractivity (Wildman–Crippen MR) is 95.4 cm³/mol. The van der Waals surface area contributed by atoms with E-state index in [4.69, 9.17) is 14.2 Å². The molecule has 25 heavy (non-hydrogen) atoms. The molecule has 1 aliphatic rings. The molecule has 0 aromatic heterocycles. The van der Waals surface area contributed by atoms with Gasteiger partial charge in [0.15, 0.2) is 5.60 Å². The van der Waals surface area contributed by atoms with Crippen molar-refractivity contribution in [2.24, 2.45) is 0 Å². The first-order valence-electron chi connectivity index (χ1n) is 8.07. The number of carbonyl (C=O) groups is 1. The molecule has 0 fully saturated rings. The number of ether oxygens (including phenoxy) is 3. The van der Waals surface area contributed by atoms with Crippen LogP contribution in [0.3, 0.4) is 0 Å². The first-order valence-corrected chi connectivity index (χ1v) is 8.07. The molecule has 1 heterocycles. The lowest BCUT2D eigenvalue weighted by Crippen LogP contribution is -2.24. The van der Waals surface area contributed by atoms with Crippen molar-refractivity contribution >= 4 is 16.7 Å². The lowest BCUT2D eigenvalue weighted by molar-refractivity contribution is 0.0173. The number of methoxy groups -OCH3 is 2. The molecule has 3 aromatic carbocycles. The summed E-state index contributed by atoms with van der Waals surface area (Å²) < 4.78 is 17.2. The Balaban J connectivity index is 2.07. The first kappa shape index (κ1) is 15.5. The van der Waals surface area contributed by atoms with Gasteiger partial charge in [-0.25, -0.2) is 4.79 Å². The number of carbonyl (C=O) groups excluding carboxylic acids is 1. The van der Waals surface area contributed by atoms with Gasteiger partial charge in [-0.2, -0.15) is 0 Å². The summed E-state index contributed by atoms with van der Waals surface area (Å²) in [5, 5.41) is 1.87. The van der Waals surface area contributed by atoms with Crippen LogP contribution < -0.4 is 9.47 Å². The van der Waals surface area contributed by atoms with E-state index in [-0.39, 0.29) is 5.97 Å². The standard InChI is InChI=1S/C21H18O4/c1-21(16-11-7-6-10-15(16)20(22)25-21)17-12-18(23-2)13-8-4-5-9-14(13)19(17)24-3/h4-12H,1-3H3. The lowest BCUT2D eigenvalue weighted by atomic mass is 9.85. The third-order valence-electron chi connectivity index (χ3n) is 4.85. The molecular formula is C21H18O4. The predicted octanol–water partition coefficient (Wildman–Crippen LogP) is 4.29. The van der Waals surface area contributed by atoms with Crippen molar-refractivity contribution < 1.29 is 19.0 Å². The summed E-state index contributed by atoms with van der Waals surface area (Å²) in [7, 11) is 3.26. The van der Waals surface area contributed by atoms with Crippen LogP contribution in [-0.4, -0.2) is 20.2 Å². The Hall–Kier alpha value is -3.01. The molecule has 0 saturated carbocycles. The number of cyclic esters (lactones) is 1. The molecule has 4 nitrogen and oxygen atoms in total. The van der Waals surface area contributed by atoms with Crippen molar-refractivity contribution in [1.29, 1.82) is 0 Å². The van der Waals surface area contributed by atoms with Gasteiger partial charge in [0.2, 0.25) is 0 Å². The highest BCUT2D eigenvalue weighted by Crippen LogP contribution is 2.49. The van der Waals surface area contributed by atoms with E-state index >= 15 is 0 Å². The number of rotatable bonds is 3. The molecule has 0 bridgehead atoms. The fourth-order valence-corrected chi connectivity index (χ4v) is 3.63. The van der Waals surface area contributed by atoms with E-state index < -0.39 is 5.60 Å². The summed E-state index contributed by atoms with van der Waals surface area (Å²) in [5.74, 6) is 1.07. The summed E-state index contributed by atoms with van der Waals surface area (Å²) in [6.45, 7) is 1.89. The van der Waals surface area contributed by atoms with Gasteiger partial charge in [-0.15, -0.1) is 0 Å². The molecule has 4 heteroatoms. The Kier molecular flexibility index (Phi) is 3.42. The zero-order valence-electron chi connectivity index (χ0n) is 14.3. The van der Waals surface area contributed by atoms with E-state index in [1.165, 1.54) is 0 Å². The van der Waals surface area contributed by atoms with Gasteiger partial charge in [0.25, 0.3) is 0 Å². The van der Waals surface area contributed by atoms with E-state index in [0.717, 1.165) is 21.9 Å². The Bertz CT molecular complexity index is 992. The van der Waals surface area contributed by atoms with Gasteiger partial charge in [0.05, 0.1) is 19.8 Å². The smallest absolute Gasteiger partial charge is 0.339 e. The Morgan fingerprint density at radius 2 is 1.56 bits per heavy atom. The van der Waals surface area contributed by atoms with Crippen molar-refractivity contribution in [2.75, 3.05) is 14.2 Å². The maximum Gasteiger partial charge on any atom is 0.339 e. The molecule has 0 amide bonds. The third-order valence-corrected chi connectivity index (χ3v) is 4.85. The van der Waals surface area contributed by atoms with E-state index in [0.29, 0.717) is 17.1 Å². The minimum atomic E-state index is -0.934. The fraction of sp³-hybridized carbons (Fsp3) is 0.190. The van der Waals surface area contributed by atoms with Crippen LogP contribution in [0, 0.1) is 0 Å². The molecule has 126 valence electrons. The van der Waals surface area contributed by atoms with Crippen LogP contribution in [0.5, 0.6) is 11.5 Å². The summed E-state index contributed by atoms with van der Waals surface area (Å²) in [6.07, 6.45) is 0. The normalized spacial score (nSPS) is 18.8. The van der Waals surface area contributed by atoms with Gasteiger partial charge in [-0.3, -0.25) is 0 Å². The minimum absolute atomic E-state index is 0.327. The highest BCUT2D eigenvalue weighted by Gasteiger charge is 2.45. The first-order chi connectivity index (χ1) is 12.1. The third kappa shape index (κ3) is 2.10. The van der Waals surface area contributed by atoms with Crippen molar-refractivity contribution in [2.45, 2.75) is 12.5 Å². The van der Waals surface area contributed by atoms with E-state index in [9.17, 15) is 4.79 Å². The van der Waals surface area contributed by atoms with Gasteiger partial charge in [0, 0.05) is 21.9 Å². The summed E-state index contributed by atoms with van der Waals surface area (Å²) >= 11 is 0. The van der Waals surface area contributed by atoms with Gasteiger partial charge >= 0.3 is 5.97 Å². The van der Waals surface area contributed by atoms with Crippen molar-refractivity contribution in [1.82, 2.24) is 0 Å². The molecule has 0 N–H and O–H groups in total. The topological polar surface area (TPSA) is 44.8 Å². The van der Waals surface area contributed by atoms with Gasteiger partial charge < -0.3 is 14.2 Å². The van der Waals surface area contributed by atoms with Gasteiger partial charge in [0.1, 0.15) is 11.5 Å². The Morgan fingerprint density at radius 1 is 0.880 bits per heavy atom. The molecular weight excluding hydrogens is 316 g/mol. The second-order valence-corrected chi connectivity index (χ2v) is 6.17. The highest BCUT2D eigenvalue weighted by molar-refractivity contribution is 5.98. The molecule has 1 atom stereocenters. The van der Waals surface area contributed by atoms with Crippen molar-refractivity contribution in [3.8, 4) is 11.5 Å². The van der Waals surface area contributed by atoms with Crippen molar-refractivity contribution in [3.05, 3.63) is 71.3 Å². The average Bonchev–Trinajstić information content (AvgIpc) is 2.92. The zero-order chi connectivity index (χ0) is 17.6. The monoisotopic (exact) mass is 334 g/mol. The average molecular weight is 334 g/mol. The second kappa shape index (κ2) is 5.52. The molecule has 0 saturated heterocycles. The van der Waals surface area contributed by atoms with Crippen LogP contribution in [0.4, 0.5) is 0 Å². The maximum absolute atomic E-state index is 12.4. The number of hydrogen-bond acceptors (Lipinski definition) is 4. The van der Waals surface area contributed by atoms with E-state index in [1.54, 1.807) is 20.3 Å².